The highest BCUT2D eigenvalue weighted by Crippen LogP contribution is 1.97. The third kappa shape index (κ3) is 2.01. The lowest BCUT2D eigenvalue weighted by Crippen LogP contribution is -2.10. The number of hydrogen-bond donors (Lipinski definition) is 0. The minimum atomic E-state index is -0.574. The van der Waals surface area contributed by atoms with Crippen molar-refractivity contribution in [3.05, 3.63) is 11.6 Å². The highest BCUT2D eigenvalue weighted by atomic mass is 16.5. The van der Waals surface area contributed by atoms with Crippen LogP contribution in [0.3, 0.4) is 0 Å². The lowest BCUT2D eigenvalue weighted by atomic mass is 10.2. The minimum Gasteiger partial charge on any atom is -0.465 e. The summed E-state index contributed by atoms with van der Waals surface area (Å²) in [5.74, 6) is -0.843. The molecule has 0 saturated heterocycles. The van der Waals surface area contributed by atoms with Gasteiger partial charge in [-0.3, -0.25) is 4.79 Å². The number of hydrogen-bond acceptors (Lipinski definition) is 3. The number of esters is 1. The van der Waals surface area contributed by atoms with Crippen molar-refractivity contribution in [2.75, 3.05) is 7.11 Å². The molecule has 0 aromatic rings. The molecule has 3 nitrogen and oxygen atoms in total. The Morgan fingerprint density at radius 1 is 1.40 bits per heavy atom. The summed E-state index contributed by atoms with van der Waals surface area (Å²) < 4.78 is 4.34. The fraction of sp³-hybridized carbons (Fsp3) is 0.429. The van der Waals surface area contributed by atoms with Crippen LogP contribution in [0.25, 0.3) is 0 Å². The molecular weight excluding hydrogens is 132 g/mol. The Balaban J connectivity index is 4.39. The first-order valence-corrected chi connectivity index (χ1v) is 2.89. The fourth-order valence-electron chi connectivity index (χ4n) is 0.575. The first kappa shape index (κ1) is 8.88. The highest BCUT2D eigenvalue weighted by Gasteiger charge is 2.11. The van der Waals surface area contributed by atoms with Gasteiger partial charge in [-0.05, 0) is 13.8 Å². The van der Waals surface area contributed by atoms with Gasteiger partial charge < -0.3 is 4.74 Å². The Hall–Kier alpha value is -1.12. The second kappa shape index (κ2) is 3.82. The molecule has 0 aliphatic carbocycles. The Morgan fingerprint density at radius 2 is 1.90 bits per heavy atom. The number of carbonyl (C=O) groups is 2. The zero-order valence-corrected chi connectivity index (χ0v) is 6.30. The first-order valence-electron chi connectivity index (χ1n) is 2.89. The molecule has 0 aromatic heterocycles. The van der Waals surface area contributed by atoms with E-state index in [4.69, 9.17) is 0 Å². The van der Waals surface area contributed by atoms with E-state index in [1.165, 1.54) is 20.1 Å². The maximum atomic E-state index is 10.7. The molecule has 0 aliphatic heterocycles. The van der Waals surface area contributed by atoms with E-state index in [0.29, 0.717) is 0 Å². The van der Waals surface area contributed by atoms with Crippen molar-refractivity contribution in [2.45, 2.75) is 13.8 Å². The van der Waals surface area contributed by atoms with Crippen molar-refractivity contribution < 1.29 is 14.3 Å². The molecule has 56 valence electrons. The van der Waals surface area contributed by atoms with Crippen LogP contribution >= 0.6 is 0 Å². The predicted octanol–water partition coefficient (Wildman–Crippen LogP) is 0.695. The molecule has 0 aliphatic rings. The van der Waals surface area contributed by atoms with E-state index < -0.39 is 5.97 Å². The van der Waals surface area contributed by atoms with Gasteiger partial charge in [0.1, 0.15) is 0 Å². The number of Topliss-reactive ketones (excluding diaryl/α,β-unsaturated/α-hetero) is 1. The van der Waals surface area contributed by atoms with Gasteiger partial charge in [-0.1, -0.05) is 6.08 Å². The predicted molar refractivity (Wildman–Crippen MR) is 36.5 cm³/mol. The van der Waals surface area contributed by atoms with E-state index in [-0.39, 0.29) is 11.4 Å². The summed E-state index contributed by atoms with van der Waals surface area (Å²) in [6.07, 6.45) is 1.44. The maximum absolute atomic E-state index is 10.7. The van der Waals surface area contributed by atoms with Gasteiger partial charge in [0.2, 0.25) is 0 Å². The lowest BCUT2D eigenvalue weighted by Gasteiger charge is -1.97. The number of allylic oxidation sites excluding steroid dienone is 1. The molecule has 0 unspecified atom stereocenters. The SMILES string of the molecule is C/C=C(\C(C)=O)C(=O)OC. The molecule has 0 radical (unpaired) electrons. The topological polar surface area (TPSA) is 43.4 Å². The largest absolute Gasteiger partial charge is 0.465 e. The van der Waals surface area contributed by atoms with E-state index in [1.54, 1.807) is 6.92 Å². The third-order valence-corrected chi connectivity index (χ3v) is 1.07. The molecule has 0 amide bonds. The first-order chi connectivity index (χ1) is 4.63. The van der Waals surface area contributed by atoms with Crippen LogP contribution in [0, 0.1) is 0 Å². The van der Waals surface area contributed by atoms with Crippen molar-refractivity contribution >= 4 is 11.8 Å². The van der Waals surface area contributed by atoms with Gasteiger partial charge in [-0.2, -0.15) is 0 Å². The van der Waals surface area contributed by atoms with Gasteiger partial charge in [0.25, 0.3) is 0 Å². The van der Waals surface area contributed by atoms with E-state index >= 15 is 0 Å². The van der Waals surface area contributed by atoms with Crippen LogP contribution in [0.4, 0.5) is 0 Å². The number of carbonyl (C=O) groups excluding carboxylic acids is 2. The van der Waals surface area contributed by atoms with Crippen molar-refractivity contribution in [1.82, 2.24) is 0 Å². The smallest absolute Gasteiger partial charge is 0.341 e. The minimum absolute atomic E-state index is 0.0995. The maximum Gasteiger partial charge on any atom is 0.341 e. The van der Waals surface area contributed by atoms with Crippen LogP contribution in [-0.2, 0) is 14.3 Å². The van der Waals surface area contributed by atoms with Crippen LogP contribution < -0.4 is 0 Å². The monoisotopic (exact) mass is 142 g/mol. The van der Waals surface area contributed by atoms with E-state index in [9.17, 15) is 9.59 Å². The second-order valence-corrected chi connectivity index (χ2v) is 1.75. The van der Waals surface area contributed by atoms with Gasteiger partial charge in [0, 0.05) is 0 Å². The van der Waals surface area contributed by atoms with Crippen molar-refractivity contribution in [3.8, 4) is 0 Å². The molecule has 0 aromatic carbocycles. The normalized spacial score (nSPS) is 10.9. The van der Waals surface area contributed by atoms with Gasteiger partial charge in [-0.25, -0.2) is 4.79 Å². The molecule has 10 heavy (non-hydrogen) atoms. The number of ether oxygens (including phenoxy) is 1. The van der Waals surface area contributed by atoms with Crippen LogP contribution in [0.5, 0.6) is 0 Å². The number of methoxy groups -OCH3 is 1. The number of rotatable bonds is 2. The molecule has 0 fully saturated rings. The summed E-state index contributed by atoms with van der Waals surface area (Å²) in [5, 5.41) is 0. The molecule has 0 saturated carbocycles. The Labute approximate surface area is 59.7 Å². The third-order valence-electron chi connectivity index (χ3n) is 1.07. The van der Waals surface area contributed by atoms with E-state index in [1.807, 2.05) is 0 Å². The zero-order valence-electron chi connectivity index (χ0n) is 6.30. The molecule has 3 heteroatoms. The molecule has 0 spiro atoms. The van der Waals surface area contributed by atoms with Crippen molar-refractivity contribution in [2.24, 2.45) is 0 Å². The van der Waals surface area contributed by atoms with Gasteiger partial charge >= 0.3 is 5.97 Å². The average molecular weight is 142 g/mol. The number of ketones is 1. The van der Waals surface area contributed by atoms with Crippen LogP contribution in [0.15, 0.2) is 11.6 Å². The van der Waals surface area contributed by atoms with Gasteiger partial charge in [0.05, 0.1) is 12.7 Å². The Bertz CT molecular complexity index is 179. The van der Waals surface area contributed by atoms with Crippen molar-refractivity contribution in [3.63, 3.8) is 0 Å². The van der Waals surface area contributed by atoms with E-state index in [0.717, 1.165) is 0 Å². The molecular formula is C7H10O3. The average Bonchev–Trinajstić information content (AvgIpc) is 1.88. The second-order valence-electron chi connectivity index (χ2n) is 1.75. The highest BCUT2D eigenvalue weighted by molar-refractivity contribution is 6.16. The molecule has 0 bridgehead atoms. The quantitative estimate of drug-likeness (QED) is 0.246. The van der Waals surface area contributed by atoms with Gasteiger partial charge in [-0.15, -0.1) is 0 Å². The van der Waals surface area contributed by atoms with Gasteiger partial charge in [0.15, 0.2) is 5.78 Å². The zero-order chi connectivity index (χ0) is 8.15. The van der Waals surface area contributed by atoms with Crippen LogP contribution in [-0.4, -0.2) is 18.9 Å². The molecule has 0 rings (SSSR count). The summed E-state index contributed by atoms with van der Waals surface area (Å²) in [6.45, 7) is 2.94. The van der Waals surface area contributed by atoms with E-state index in [2.05, 4.69) is 4.74 Å². The Kier molecular flexibility index (Phi) is 3.39. The summed E-state index contributed by atoms with van der Waals surface area (Å²) in [4.78, 5) is 21.3. The Morgan fingerprint density at radius 3 is 2.00 bits per heavy atom. The molecule has 0 heterocycles. The van der Waals surface area contributed by atoms with Crippen LogP contribution in [0.2, 0.25) is 0 Å². The summed E-state index contributed by atoms with van der Waals surface area (Å²) in [7, 11) is 1.24. The summed E-state index contributed by atoms with van der Waals surface area (Å²) in [5.41, 5.74) is 0.0995. The van der Waals surface area contributed by atoms with Crippen molar-refractivity contribution in [1.29, 1.82) is 0 Å². The fourth-order valence-corrected chi connectivity index (χ4v) is 0.575. The molecule has 0 atom stereocenters. The standard InChI is InChI=1S/C7H10O3/c1-4-6(5(2)8)7(9)10-3/h4H,1-3H3/b6-4+. The van der Waals surface area contributed by atoms with Crippen LogP contribution in [0.1, 0.15) is 13.8 Å². The molecule has 0 N–H and O–H groups in total. The lowest BCUT2D eigenvalue weighted by molar-refractivity contribution is -0.137. The summed E-state index contributed by atoms with van der Waals surface area (Å²) >= 11 is 0. The summed E-state index contributed by atoms with van der Waals surface area (Å²) in [6, 6.07) is 0.